The van der Waals surface area contributed by atoms with Crippen LogP contribution in [0.25, 0.3) is 6.08 Å². The smallest absolute Gasteiger partial charge is 0.269 e. The fourth-order valence-electron chi connectivity index (χ4n) is 2.44. The summed E-state index contributed by atoms with van der Waals surface area (Å²) in [6.07, 6.45) is 5.59. The first kappa shape index (κ1) is 18.5. The molecule has 1 aliphatic rings. The zero-order valence-corrected chi connectivity index (χ0v) is 15.0. The lowest BCUT2D eigenvalue weighted by molar-refractivity contribution is -0.384. The first-order valence-electron chi connectivity index (χ1n) is 8.15. The van der Waals surface area contributed by atoms with E-state index in [1.165, 1.54) is 23.9 Å². The summed E-state index contributed by atoms with van der Waals surface area (Å²) in [7, 11) is 0. The van der Waals surface area contributed by atoms with Crippen molar-refractivity contribution in [2.45, 2.75) is 11.7 Å². The average Bonchev–Trinajstić information content (AvgIpc) is 3.02. The van der Waals surface area contributed by atoms with E-state index in [0.29, 0.717) is 11.6 Å². The molecule has 7 nitrogen and oxygen atoms in total. The molecule has 0 spiro atoms. The van der Waals surface area contributed by atoms with Crippen LogP contribution in [0.5, 0.6) is 0 Å². The number of hydrogen-bond acceptors (Lipinski definition) is 6. The third kappa shape index (κ3) is 5.35. The Bertz CT molecular complexity index is 926. The maximum atomic E-state index is 12.1. The van der Waals surface area contributed by atoms with Gasteiger partial charge in [0, 0.05) is 18.3 Å². The number of amides is 1. The van der Waals surface area contributed by atoms with Crippen molar-refractivity contribution in [3.63, 3.8) is 0 Å². The monoisotopic (exact) mass is 380 g/mol. The molecule has 2 aromatic rings. The van der Waals surface area contributed by atoms with Crippen LogP contribution < -0.4 is 5.32 Å². The van der Waals surface area contributed by atoms with Gasteiger partial charge in [-0.15, -0.1) is 5.10 Å². The average molecular weight is 380 g/mol. The van der Waals surface area contributed by atoms with Crippen molar-refractivity contribution in [2.24, 2.45) is 10.2 Å². The van der Waals surface area contributed by atoms with E-state index in [-0.39, 0.29) is 16.8 Å². The van der Waals surface area contributed by atoms with Crippen LogP contribution in [0, 0.1) is 10.1 Å². The second-order valence-electron chi connectivity index (χ2n) is 5.67. The van der Waals surface area contributed by atoms with Crippen LogP contribution in [0.4, 0.5) is 5.69 Å². The number of carbonyl (C=O) groups excluding carboxylic acids is 1. The lowest BCUT2D eigenvalue weighted by Crippen LogP contribution is -2.25. The number of allylic oxidation sites excluding steroid dienone is 1. The minimum atomic E-state index is -0.448. The predicted molar refractivity (Wildman–Crippen MR) is 108 cm³/mol. The number of nitrogens with one attached hydrogen (secondary N) is 1. The summed E-state index contributed by atoms with van der Waals surface area (Å²) < 4.78 is 0. The maximum Gasteiger partial charge on any atom is 0.269 e. The van der Waals surface area contributed by atoms with Crippen molar-refractivity contribution < 1.29 is 9.72 Å². The van der Waals surface area contributed by atoms with Crippen molar-refractivity contribution in [1.29, 1.82) is 0 Å². The van der Waals surface area contributed by atoms with Crippen molar-refractivity contribution >= 4 is 40.8 Å². The molecule has 0 radical (unpaired) electrons. The number of carbonyl (C=O) groups is 1. The van der Waals surface area contributed by atoms with E-state index < -0.39 is 4.92 Å². The summed E-state index contributed by atoms with van der Waals surface area (Å²) >= 11 is 1.26. The van der Waals surface area contributed by atoms with Crippen LogP contribution >= 0.6 is 11.8 Å². The standard InChI is InChI=1S/C19H16N4O3S/c24-18-17(13-15-8-4-10-16(12-15)23(25)26)27-19(21-18)22-20-11-5-9-14-6-2-1-3-7-14/h1-12,17H,13H2,(H,21,22,24)/b9-5+,20-11+. The molecule has 1 fully saturated rings. The second kappa shape index (κ2) is 8.91. The highest BCUT2D eigenvalue weighted by Gasteiger charge is 2.30. The Hall–Kier alpha value is -3.26. The Morgan fingerprint density at radius 1 is 1.19 bits per heavy atom. The molecule has 1 amide bonds. The van der Waals surface area contributed by atoms with E-state index >= 15 is 0 Å². The minimum absolute atomic E-state index is 0.0135. The van der Waals surface area contributed by atoms with E-state index in [4.69, 9.17) is 0 Å². The number of hydrogen-bond donors (Lipinski definition) is 1. The van der Waals surface area contributed by atoms with Gasteiger partial charge in [-0.3, -0.25) is 14.9 Å². The molecule has 0 aliphatic carbocycles. The Kier molecular flexibility index (Phi) is 6.11. The van der Waals surface area contributed by atoms with E-state index in [0.717, 1.165) is 11.1 Å². The Labute approximate surface area is 160 Å². The van der Waals surface area contributed by atoms with Gasteiger partial charge in [-0.25, -0.2) is 0 Å². The van der Waals surface area contributed by atoms with Crippen LogP contribution in [0.3, 0.4) is 0 Å². The van der Waals surface area contributed by atoms with Crippen molar-refractivity contribution in [3.05, 3.63) is 81.9 Å². The zero-order valence-electron chi connectivity index (χ0n) is 14.2. The molecule has 136 valence electrons. The van der Waals surface area contributed by atoms with Gasteiger partial charge in [0.15, 0.2) is 5.17 Å². The quantitative estimate of drug-likeness (QED) is 0.472. The predicted octanol–water partition coefficient (Wildman–Crippen LogP) is 3.42. The first-order valence-corrected chi connectivity index (χ1v) is 9.03. The minimum Gasteiger partial charge on any atom is -0.303 e. The summed E-state index contributed by atoms with van der Waals surface area (Å²) in [6.45, 7) is 0. The third-order valence-electron chi connectivity index (χ3n) is 3.71. The molecule has 0 saturated carbocycles. The highest BCUT2D eigenvalue weighted by molar-refractivity contribution is 8.15. The molecule has 1 atom stereocenters. The van der Waals surface area contributed by atoms with Gasteiger partial charge in [0.25, 0.3) is 5.69 Å². The number of non-ortho nitro benzene ring substituents is 1. The molecule has 1 heterocycles. The molecule has 1 N–H and O–H groups in total. The number of amidine groups is 1. The summed E-state index contributed by atoms with van der Waals surface area (Å²) in [4.78, 5) is 22.5. The van der Waals surface area contributed by atoms with Crippen molar-refractivity contribution in [2.75, 3.05) is 0 Å². The van der Waals surface area contributed by atoms with Gasteiger partial charge in [-0.1, -0.05) is 60.3 Å². The first-order chi connectivity index (χ1) is 13.1. The fourth-order valence-corrected chi connectivity index (χ4v) is 3.41. The molecular weight excluding hydrogens is 364 g/mol. The molecule has 0 bridgehead atoms. The van der Waals surface area contributed by atoms with Crippen LogP contribution in [0.2, 0.25) is 0 Å². The van der Waals surface area contributed by atoms with Gasteiger partial charge in [0.05, 0.1) is 10.2 Å². The van der Waals surface area contributed by atoms with Crippen LogP contribution in [0.1, 0.15) is 11.1 Å². The van der Waals surface area contributed by atoms with Crippen LogP contribution in [0.15, 0.2) is 70.9 Å². The highest BCUT2D eigenvalue weighted by Crippen LogP contribution is 2.24. The Balaban J connectivity index is 1.57. The molecule has 1 aliphatic heterocycles. The van der Waals surface area contributed by atoms with Gasteiger partial charge >= 0.3 is 0 Å². The molecule has 1 unspecified atom stereocenters. The molecule has 3 rings (SSSR count). The Morgan fingerprint density at radius 3 is 2.78 bits per heavy atom. The topological polar surface area (TPSA) is 97.0 Å². The van der Waals surface area contributed by atoms with Crippen LogP contribution in [-0.2, 0) is 11.2 Å². The molecular formula is C19H16N4O3S. The largest absolute Gasteiger partial charge is 0.303 e. The number of rotatable bonds is 6. The van der Waals surface area contributed by atoms with Crippen molar-refractivity contribution in [1.82, 2.24) is 5.32 Å². The molecule has 1 saturated heterocycles. The number of nitro groups is 1. The molecule has 27 heavy (non-hydrogen) atoms. The summed E-state index contributed by atoms with van der Waals surface area (Å²) in [5.74, 6) is -0.180. The van der Waals surface area contributed by atoms with Gasteiger partial charge in [0.2, 0.25) is 5.91 Å². The SMILES string of the molecule is O=C1N/C(=N/N=C/C=C/c2ccccc2)SC1Cc1cccc([N+](=O)[O-])c1. The fraction of sp³-hybridized carbons (Fsp3) is 0.105. The number of nitrogens with zero attached hydrogens (tertiary/aromatic N) is 3. The number of nitro benzene ring substituents is 1. The lowest BCUT2D eigenvalue weighted by atomic mass is 10.1. The van der Waals surface area contributed by atoms with Gasteiger partial charge in [-0.2, -0.15) is 5.10 Å². The van der Waals surface area contributed by atoms with E-state index in [2.05, 4.69) is 15.5 Å². The molecule has 8 heteroatoms. The van der Waals surface area contributed by atoms with Crippen LogP contribution in [-0.4, -0.2) is 27.5 Å². The van der Waals surface area contributed by atoms with E-state index in [1.807, 2.05) is 36.4 Å². The number of benzene rings is 2. The molecule has 2 aromatic carbocycles. The lowest BCUT2D eigenvalue weighted by Gasteiger charge is -2.04. The van der Waals surface area contributed by atoms with Gasteiger partial charge in [-0.05, 0) is 23.6 Å². The van der Waals surface area contributed by atoms with Gasteiger partial charge < -0.3 is 5.32 Å². The van der Waals surface area contributed by atoms with Gasteiger partial charge in [0.1, 0.15) is 0 Å². The summed E-state index contributed by atoms with van der Waals surface area (Å²) in [5, 5.41) is 21.5. The van der Waals surface area contributed by atoms with Crippen molar-refractivity contribution in [3.8, 4) is 0 Å². The van der Waals surface area contributed by atoms with E-state index in [9.17, 15) is 14.9 Å². The summed E-state index contributed by atoms with van der Waals surface area (Å²) in [5.41, 5.74) is 1.80. The number of thioether (sulfide) groups is 1. The zero-order chi connectivity index (χ0) is 19.1. The highest BCUT2D eigenvalue weighted by atomic mass is 32.2. The normalized spacial score (nSPS) is 18.4. The Morgan fingerprint density at radius 2 is 2.00 bits per heavy atom. The summed E-state index contributed by atoms with van der Waals surface area (Å²) in [6, 6.07) is 16.1. The molecule has 0 aromatic heterocycles. The third-order valence-corrected chi connectivity index (χ3v) is 4.78. The van der Waals surface area contributed by atoms with E-state index in [1.54, 1.807) is 24.4 Å². The second-order valence-corrected chi connectivity index (χ2v) is 6.86. The maximum absolute atomic E-state index is 12.1.